The normalized spacial score (nSPS) is 12.1. The van der Waals surface area contributed by atoms with E-state index in [2.05, 4.69) is 41.5 Å². The number of carbonyl (C=O) groups excluding carboxylic acids is 3. The van der Waals surface area contributed by atoms with E-state index in [0.717, 1.165) is 75.5 Å². The zero-order valence-electron chi connectivity index (χ0n) is 47.6. The van der Waals surface area contributed by atoms with Crippen LogP contribution in [0.4, 0.5) is 0 Å². The van der Waals surface area contributed by atoms with E-state index in [0.29, 0.717) is 19.3 Å². The van der Waals surface area contributed by atoms with E-state index in [4.69, 9.17) is 14.2 Å². The average molecular weight is 976 g/mol. The molecule has 0 aromatic rings. The average Bonchev–Trinajstić information content (AvgIpc) is 3.31. The number of unbranched alkanes of at least 4 members (excludes halogenated alkanes) is 39. The highest BCUT2D eigenvalue weighted by atomic mass is 16.6. The van der Waals surface area contributed by atoms with Crippen LogP contribution in [0.3, 0.4) is 0 Å². The maximum atomic E-state index is 12.9. The molecule has 6 nitrogen and oxygen atoms in total. The van der Waals surface area contributed by atoms with Crippen molar-refractivity contribution in [3.8, 4) is 0 Å². The molecule has 410 valence electrons. The molecule has 0 aromatic heterocycles. The van der Waals surface area contributed by atoms with Gasteiger partial charge < -0.3 is 14.2 Å². The molecule has 0 aliphatic heterocycles. The summed E-state index contributed by atoms with van der Waals surface area (Å²) in [5.74, 6) is 1.69. The quantitative estimate of drug-likeness (QED) is 0.0343. The molecule has 69 heavy (non-hydrogen) atoms. The van der Waals surface area contributed by atoms with Crippen LogP contribution in [0.15, 0.2) is 0 Å². The van der Waals surface area contributed by atoms with Crippen molar-refractivity contribution in [2.45, 2.75) is 356 Å². The van der Waals surface area contributed by atoms with E-state index in [-0.39, 0.29) is 31.1 Å². The van der Waals surface area contributed by atoms with Crippen LogP contribution in [0, 0.1) is 17.8 Å². The topological polar surface area (TPSA) is 78.9 Å². The Morgan fingerprint density at radius 1 is 0.246 bits per heavy atom. The lowest BCUT2D eigenvalue weighted by Crippen LogP contribution is -2.30. The SMILES string of the molecule is CC(C)CCCCCCCCCCCCCCCCCCCCC(=O)OC[C@@H](COC(=O)CCCCCCCCCCCCCCC(C)C)OC(=O)CCCCCCCCCCCCCCC(C)C. The predicted molar refractivity (Wildman–Crippen MR) is 298 cm³/mol. The van der Waals surface area contributed by atoms with E-state index in [1.54, 1.807) is 0 Å². The number of carbonyl (C=O) groups is 3. The Kier molecular flexibility index (Phi) is 52.9. The van der Waals surface area contributed by atoms with Gasteiger partial charge in [0.15, 0.2) is 6.10 Å². The molecule has 0 saturated carbocycles. The number of rotatable bonds is 56. The summed E-state index contributed by atoms with van der Waals surface area (Å²) < 4.78 is 16.9. The highest BCUT2D eigenvalue weighted by Crippen LogP contribution is 2.19. The third-order valence-electron chi connectivity index (χ3n) is 14.4. The lowest BCUT2D eigenvalue weighted by atomic mass is 10.0. The third kappa shape index (κ3) is 57.2. The van der Waals surface area contributed by atoms with Crippen LogP contribution < -0.4 is 0 Å². The summed E-state index contributed by atoms with van der Waals surface area (Å²) in [4.78, 5) is 38.2. The number of ether oxygens (including phenoxy) is 3. The van der Waals surface area contributed by atoms with Gasteiger partial charge in [-0.2, -0.15) is 0 Å². The van der Waals surface area contributed by atoms with Gasteiger partial charge in [-0.15, -0.1) is 0 Å². The number of hydrogen-bond donors (Lipinski definition) is 0. The fourth-order valence-corrected chi connectivity index (χ4v) is 9.71. The van der Waals surface area contributed by atoms with Crippen molar-refractivity contribution < 1.29 is 28.6 Å². The van der Waals surface area contributed by atoms with Crippen LogP contribution in [-0.4, -0.2) is 37.2 Å². The zero-order chi connectivity index (χ0) is 50.5. The summed E-state index contributed by atoms with van der Waals surface area (Å²) in [6, 6.07) is 0. The van der Waals surface area contributed by atoms with Gasteiger partial charge in [-0.25, -0.2) is 0 Å². The molecule has 0 spiro atoms. The standard InChI is InChI=1S/C63H122O6/c1-57(2)49-43-37-31-25-19-13-11-9-7-8-10-12-14-22-28-34-40-46-52-61(64)67-55-60(69-63(66)54-48-42-36-30-24-18-16-21-27-33-39-45-51-59(5)6)56-68-62(65)53-47-41-35-29-23-17-15-20-26-32-38-44-50-58(3)4/h57-60H,7-56H2,1-6H3/t60-/m0/s1. The van der Waals surface area contributed by atoms with Crippen LogP contribution in [-0.2, 0) is 28.6 Å². The molecule has 0 bridgehead atoms. The Labute approximate surface area is 431 Å². The fourth-order valence-electron chi connectivity index (χ4n) is 9.71. The highest BCUT2D eigenvalue weighted by molar-refractivity contribution is 5.71. The van der Waals surface area contributed by atoms with Gasteiger partial charge in [-0.1, -0.05) is 311 Å². The van der Waals surface area contributed by atoms with E-state index in [9.17, 15) is 14.4 Å². The van der Waals surface area contributed by atoms with Gasteiger partial charge in [-0.3, -0.25) is 14.4 Å². The first-order valence-corrected chi connectivity index (χ1v) is 31.1. The van der Waals surface area contributed by atoms with E-state index >= 15 is 0 Å². The van der Waals surface area contributed by atoms with Crippen LogP contribution in [0.5, 0.6) is 0 Å². The minimum atomic E-state index is -0.764. The second kappa shape index (κ2) is 54.2. The molecule has 0 N–H and O–H groups in total. The van der Waals surface area contributed by atoms with Crippen molar-refractivity contribution in [1.82, 2.24) is 0 Å². The Hall–Kier alpha value is -1.59. The molecule has 6 heteroatoms. The van der Waals surface area contributed by atoms with Crippen LogP contribution >= 0.6 is 0 Å². The van der Waals surface area contributed by atoms with Crippen molar-refractivity contribution in [1.29, 1.82) is 0 Å². The Balaban J connectivity index is 4.26. The van der Waals surface area contributed by atoms with Crippen molar-refractivity contribution in [2.24, 2.45) is 17.8 Å². The van der Waals surface area contributed by atoms with Crippen molar-refractivity contribution in [3.63, 3.8) is 0 Å². The lowest BCUT2D eigenvalue weighted by Gasteiger charge is -2.18. The maximum Gasteiger partial charge on any atom is 0.306 e. The van der Waals surface area contributed by atoms with Gasteiger partial charge in [-0.05, 0) is 37.0 Å². The highest BCUT2D eigenvalue weighted by Gasteiger charge is 2.19. The third-order valence-corrected chi connectivity index (χ3v) is 14.4. The largest absolute Gasteiger partial charge is 0.462 e. The molecule has 0 aromatic carbocycles. The first-order valence-electron chi connectivity index (χ1n) is 31.1. The maximum absolute atomic E-state index is 12.9. The summed E-state index contributed by atoms with van der Waals surface area (Å²) in [5.41, 5.74) is 0. The Bertz CT molecular complexity index is 1070. The Morgan fingerprint density at radius 3 is 0.623 bits per heavy atom. The lowest BCUT2D eigenvalue weighted by molar-refractivity contribution is -0.167. The van der Waals surface area contributed by atoms with E-state index in [1.807, 2.05) is 0 Å². The van der Waals surface area contributed by atoms with Crippen LogP contribution in [0.25, 0.3) is 0 Å². The van der Waals surface area contributed by atoms with Gasteiger partial charge in [0.05, 0.1) is 0 Å². The molecule has 0 radical (unpaired) electrons. The van der Waals surface area contributed by atoms with E-state index in [1.165, 1.54) is 231 Å². The smallest absolute Gasteiger partial charge is 0.306 e. The summed E-state index contributed by atoms with van der Waals surface area (Å²) in [5, 5.41) is 0. The molecule has 0 heterocycles. The molecule has 0 saturated heterocycles. The van der Waals surface area contributed by atoms with Crippen LogP contribution in [0.2, 0.25) is 0 Å². The second-order valence-electron chi connectivity index (χ2n) is 23.1. The summed E-state index contributed by atoms with van der Waals surface area (Å²) in [6.07, 6.45) is 58.2. The predicted octanol–water partition coefficient (Wildman–Crippen LogP) is 20.7. The minimum Gasteiger partial charge on any atom is -0.462 e. The summed E-state index contributed by atoms with van der Waals surface area (Å²) in [7, 11) is 0. The zero-order valence-corrected chi connectivity index (χ0v) is 47.6. The van der Waals surface area contributed by atoms with Gasteiger partial charge in [0.2, 0.25) is 0 Å². The number of hydrogen-bond acceptors (Lipinski definition) is 6. The number of esters is 3. The first-order chi connectivity index (χ1) is 33.6. The van der Waals surface area contributed by atoms with Crippen molar-refractivity contribution >= 4 is 17.9 Å². The first kappa shape index (κ1) is 67.4. The molecular formula is C63H122O6. The van der Waals surface area contributed by atoms with Crippen molar-refractivity contribution in [2.75, 3.05) is 13.2 Å². The molecule has 1 atom stereocenters. The van der Waals surface area contributed by atoms with E-state index < -0.39 is 6.10 Å². The minimum absolute atomic E-state index is 0.0629. The van der Waals surface area contributed by atoms with Crippen molar-refractivity contribution in [3.05, 3.63) is 0 Å². The molecule has 0 aliphatic rings. The summed E-state index contributed by atoms with van der Waals surface area (Å²) >= 11 is 0. The van der Waals surface area contributed by atoms with Gasteiger partial charge in [0.1, 0.15) is 13.2 Å². The summed E-state index contributed by atoms with van der Waals surface area (Å²) in [6.45, 7) is 13.8. The van der Waals surface area contributed by atoms with Gasteiger partial charge in [0.25, 0.3) is 0 Å². The fraction of sp³-hybridized carbons (Fsp3) is 0.952. The monoisotopic (exact) mass is 975 g/mol. The molecule has 0 fully saturated rings. The molecule has 0 unspecified atom stereocenters. The van der Waals surface area contributed by atoms with Gasteiger partial charge >= 0.3 is 17.9 Å². The molecule has 0 aliphatic carbocycles. The molecule has 0 amide bonds. The molecule has 0 rings (SSSR count). The Morgan fingerprint density at radius 2 is 0.420 bits per heavy atom. The van der Waals surface area contributed by atoms with Crippen LogP contribution in [0.1, 0.15) is 350 Å². The van der Waals surface area contributed by atoms with Gasteiger partial charge in [0, 0.05) is 19.3 Å². The molecular weight excluding hydrogens is 853 g/mol. The second-order valence-corrected chi connectivity index (χ2v) is 23.1.